The van der Waals surface area contributed by atoms with Gasteiger partial charge in [0.25, 0.3) is 0 Å². The molecule has 1 saturated heterocycles. The molecule has 10 heteroatoms. The average Bonchev–Trinajstić information content (AvgIpc) is 3.45. The number of nitrogens with zero attached hydrogens (tertiary/aromatic N) is 6. The molecule has 2 unspecified atom stereocenters. The molecule has 1 aliphatic rings. The molecule has 0 radical (unpaired) electrons. The van der Waals surface area contributed by atoms with Crippen LogP contribution in [0.3, 0.4) is 0 Å². The van der Waals surface area contributed by atoms with Crippen molar-refractivity contribution < 1.29 is 4.52 Å². The van der Waals surface area contributed by atoms with Gasteiger partial charge in [-0.2, -0.15) is 4.98 Å². The number of imidazole rings is 1. The Hall–Kier alpha value is -2.14. The third-order valence-electron chi connectivity index (χ3n) is 5.40. The summed E-state index contributed by atoms with van der Waals surface area (Å²) in [4.78, 5) is 15.7. The Balaban J connectivity index is 0.00000272. The number of aromatic nitrogens is 4. The standard InChI is InChI=1S/C21H26ClN7O.HI/c1-3-24-21(28-10-8-15(2)18(13-28)29-11-9-23-14-29)25-12-19-26-20(27-30-19)16-4-6-17(22)7-5-16;/h4-7,9,11,14-15,18H,3,8,10,12-13H2,1-2H3,(H,24,25);1H. The SMILES string of the molecule is CCNC(=NCc1nc(-c2ccc(Cl)cc2)no1)N1CCC(C)C(n2ccnc2)C1.I. The lowest BCUT2D eigenvalue weighted by Gasteiger charge is -2.39. The van der Waals surface area contributed by atoms with Crippen LogP contribution in [0.15, 0.2) is 52.5 Å². The van der Waals surface area contributed by atoms with Crippen molar-refractivity contribution in [1.82, 2.24) is 29.9 Å². The van der Waals surface area contributed by atoms with Crippen molar-refractivity contribution in [2.24, 2.45) is 10.9 Å². The van der Waals surface area contributed by atoms with Crippen molar-refractivity contribution in [3.63, 3.8) is 0 Å². The fourth-order valence-electron chi connectivity index (χ4n) is 3.70. The Bertz CT molecular complexity index is 974. The van der Waals surface area contributed by atoms with E-state index in [1.165, 1.54) is 0 Å². The molecule has 0 aliphatic carbocycles. The van der Waals surface area contributed by atoms with Crippen LogP contribution in [0.5, 0.6) is 0 Å². The van der Waals surface area contributed by atoms with Gasteiger partial charge in [-0.25, -0.2) is 9.98 Å². The molecular weight excluding hydrogens is 529 g/mol. The highest BCUT2D eigenvalue weighted by Gasteiger charge is 2.29. The van der Waals surface area contributed by atoms with Crippen LogP contribution in [0.2, 0.25) is 5.02 Å². The van der Waals surface area contributed by atoms with E-state index in [0.717, 1.165) is 37.6 Å². The number of nitrogens with one attached hydrogen (secondary N) is 1. The molecule has 3 aromatic rings. The molecule has 1 aromatic carbocycles. The maximum Gasteiger partial charge on any atom is 0.248 e. The second-order valence-corrected chi connectivity index (χ2v) is 7.91. The van der Waals surface area contributed by atoms with E-state index >= 15 is 0 Å². The molecule has 1 aliphatic heterocycles. The molecule has 0 spiro atoms. The quantitative estimate of drug-likeness (QED) is 0.288. The summed E-state index contributed by atoms with van der Waals surface area (Å²) >= 11 is 5.95. The summed E-state index contributed by atoms with van der Waals surface area (Å²) in [7, 11) is 0. The number of aliphatic imine (C=N–C) groups is 1. The van der Waals surface area contributed by atoms with Crippen molar-refractivity contribution in [3.05, 3.63) is 53.9 Å². The molecule has 31 heavy (non-hydrogen) atoms. The van der Waals surface area contributed by atoms with Crippen molar-refractivity contribution in [3.8, 4) is 11.4 Å². The van der Waals surface area contributed by atoms with E-state index < -0.39 is 0 Å². The van der Waals surface area contributed by atoms with Gasteiger partial charge in [0.15, 0.2) is 5.96 Å². The van der Waals surface area contributed by atoms with Gasteiger partial charge in [0.05, 0.1) is 12.4 Å². The maximum atomic E-state index is 5.95. The summed E-state index contributed by atoms with van der Waals surface area (Å²) in [6.07, 6.45) is 6.85. The summed E-state index contributed by atoms with van der Waals surface area (Å²) in [5.74, 6) is 2.46. The van der Waals surface area contributed by atoms with Gasteiger partial charge in [-0.15, -0.1) is 24.0 Å². The Morgan fingerprint density at radius 1 is 1.32 bits per heavy atom. The number of benzene rings is 1. The summed E-state index contributed by atoms with van der Waals surface area (Å²) < 4.78 is 7.59. The molecule has 2 atom stereocenters. The van der Waals surface area contributed by atoms with E-state index in [9.17, 15) is 0 Å². The third kappa shape index (κ3) is 5.76. The molecule has 8 nitrogen and oxygen atoms in total. The average molecular weight is 556 g/mol. The molecule has 4 rings (SSSR count). The molecule has 166 valence electrons. The van der Waals surface area contributed by atoms with Crippen LogP contribution in [-0.4, -0.2) is 50.2 Å². The van der Waals surface area contributed by atoms with Crippen LogP contribution in [0.1, 0.15) is 32.2 Å². The number of likely N-dealkylation sites (tertiary alicyclic amines) is 1. The predicted molar refractivity (Wildman–Crippen MR) is 132 cm³/mol. The lowest BCUT2D eigenvalue weighted by Crippen LogP contribution is -2.49. The first kappa shape index (κ1) is 23.5. The Morgan fingerprint density at radius 3 is 2.84 bits per heavy atom. The zero-order chi connectivity index (χ0) is 20.9. The van der Waals surface area contributed by atoms with Crippen LogP contribution in [-0.2, 0) is 6.54 Å². The lowest BCUT2D eigenvalue weighted by molar-refractivity contribution is 0.189. The molecule has 3 heterocycles. The maximum absolute atomic E-state index is 5.95. The summed E-state index contributed by atoms with van der Waals surface area (Å²) in [6, 6.07) is 7.72. The van der Waals surface area contributed by atoms with Crippen LogP contribution in [0.25, 0.3) is 11.4 Å². The van der Waals surface area contributed by atoms with Gasteiger partial charge in [0.2, 0.25) is 11.7 Å². The fraction of sp³-hybridized carbons (Fsp3) is 0.429. The second kappa shape index (κ2) is 10.9. The van der Waals surface area contributed by atoms with Crippen molar-refractivity contribution in [2.75, 3.05) is 19.6 Å². The summed E-state index contributed by atoms with van der Waals surface area (Å²) in [5.41, 5.74) is 0.860. The number of halogens is 2. The number of piperidine rings is 1. The first-order valence-corrected chi connectivity index (χ1v) is 10.6. The minimum Gasteiger partial charge on any atom is -0.357 e. The van der Waals surface area contributed by atoms with Gasteiger partial charge in [-0.05, 0) is 43.5 Å². The Kier molecular flexibility index (Phi) is 8.30. The van der Waals surface area contributed by atoms with E-state index in [1.807, 2.05) is 43.0 Å². The highest BCUT2D eigenvalue weighted by molar-refractivity contribution is 14.0. The van der Waals surface area contributed by atoms with Crippen molar-refractivity contribution in [1.29, 1.82) is 0 Å². The van der Waals surface area contributed by atoms with E-state index in [-0.39, 0.29) is 24.0 Å². The van der Waals surface area contributed by atoms with Crippen LogP contribution in [0, 0.1) is 5.92 Å². The molecule has 0 saturated carbocycles. The largest absolute Gasteiger partial charge is 0.357 e. The van der Waals surface area contributed by atoms with Gasteiger partial charge in [0.1, 0.15) is 6.54 Å². The Morgan fingerprint density at radius 2 is 2.13 bits per heavy atom. The van der Waals surface area contributed by atoms with Crippen LogP contribution in [0.4, 0.5) is 0 Å². The van der Waals surface area contributed by atoms with Gasteiger partial charge >= 0.3 is 0 Å². The lowest BCUT2D eigenvalue weighted by atomic mass is 9.93. The zero-order valence-corrected chi connectivity index (χ0v) is 20.7. The van der Waals surface area contributed by atoms with E-state index in [2.05, 4.69) is 43.8 Å². The highest BCUT2D eigenvalue weighted by atomic mass is 127. The summed E-state index contributed by atoms with van der Waals surface area (Å²) in [6.45, 7) is 7.32. The van der Waals surface area contributed by atoms with Crippen LogP contribution >= 0.6 is 35.6 Å². The van der Waals surface area contributed by atoms with Gasteiger partial charge in [-0.1, -0.05) is 23.7 Å². The van der Waals surface area contributed by atoms with E-state index in [1.54, 1.807) is 0 Å². The first-order chi connectivity index (χ1) is 14.6. The fourth-order valence-corrected chi connectivity index (χ4v) is 3.82. The zero-order valence-electron chi connectivity index (χ0n) is 17.6. The normalized spacial score (nSPS) is 19.2. The van der Waals surface area contributed by atoms with Gasteiger partial charge in [0, 0.05) is 42.6 Å². The van der Waals surface area contributed by atoms with Gasteiger partial charge in [-0.3, -0.25) is 0 Å². The van der Waals surface area contributed by atoms with Crippen LogP contribution < -0.4 is 5.32 Å². The molecule has 0 bridgehead atoms. The van der Waals surface area contributed by atoms with E-state index in [4.69, 9.17) is 21.1 Å². The number of rotatable bonds is 5. The van der Waals surface area contributed by atoms with Crippen molar-refractivity contribution >= 4 is 41.5 Å². The molecule has 2 aromatic heterocycles. The molecule has 1 fully saturated rings. The molecule has 1 N–H and O–H groups in total. The van der Waals surface area contributed by atoms with E-state index in [0.29, 0.717) is 35.2 Å². The smallest absolute Gasteiger partial charge is 0.248 e. The van der Waals surface area contributed by atoms with Gasteiger partial charge < -0.3 is 19.3 Å². The molecule has 0 amide bonds. The topological polar surface area (TPSA) is 84.4 Å². The minimum atomic E-state index is 0. The highest BCUT2D eigenvalue weighted by Crippen LogP contribution is 2.27. The molecular formula is C21H27ClIN7O. The number of hydrogen-bond acceptors (Lipinski definition) is 5. The monoisotopic (exact) mass is 555 g/mol. The Labute approximate surface area is 204 Å². The first-order valence-electron chi connectivity index (χ1n) is 10.2. The number of guanidine groups is 1. The third-order valence-corrected chi connectivity index (χ3v) is 5.65. The predicted octanol–water partition coefficient (Wildman–Crippen LogP) is 4.25. The summed E-state index contributed by atoms with van der Waals surface area (Å²) in [5, 5.41) is 8.13. The minimum absolute atomic E-state index is 0. The van der Waals surface area contributed by atoms with Crippen molar-refractivity contribution in [2.45, 2.75) is 32.9 Å². The number of hydrogen-bond donors (Lipinski definition) is 1. The second-order valence-electron chi connectivity index (χ2n) is 7.48.